The lowest BCUT2D eigenvalue weighted by Gasteiger charge is -2.23. The van der Waals surface area contributed by atoms with E-state index in [1.807, 2.05) is 34.6 Å². The normalized spacial score (nSPS) is 21.3. The molecule has 0 aromatic heterocycles. The second-order valence-corrected chi connectivity index (χ2v) is 8.60. The van der Waals surface area contributed by atoms with Crippen LogP contribution in [0.25, 0.3) is 0 Å². The Kier molecular flexibility index (Phi) is 4.71. The topological polar surface area (TPSA) is 63.4 Å². The Hall–Kier alpha value is -0.910. The monoisotopic (exact) mass is 324 g/mol. The van der Waals surface area contributed by atoms with E-state index in [0.717, 1.165) is 28.7 Å². The van der Waals surface area contributed by atoms with Gasteiger partial charge in [-0.25, -0.2) is 8.42 Å². The summed E-state index contributed by atoms with van der Waals surface area (Å²) < 4.78 is 27.9. The summed E-state index contributed by atoms with van der Waals surface area (Å²) in [5.74, 6) is 0.253. The van der Waals surface area contributed by atoms with Gasteiger partial charge in [0, 0.05) is 19.1 Å². The lowest BCUT2D eigenvalue weighted by atomic mass is 9.95. The van der Waals surface area contributed by atoms with Crippen LogP contribution in [0.15, 0.2) is 4.90 Å². The lowest BCUT2D eigenvalue weighted by molar-refractivity contribution is 0.428. The molecule has 2 unspecified atom stereocenters. The molecule has 22 heavy (non-hydrogen) atoms. The third-order valence-electron chi connectivity index (χ3n) is 5.46. The van der Waals surface area contributed by atoms with Crippen LogP contribution in [0.1, 0.15) is 41.2 Å². The van der Waals surface area contributed by atoms with Gasteiger partial charge in [0.15, 0.2) is 0 Å². The van der Waals surface area contributed by atoms with Crippen LogP contribution < -0.4 is 5.73 Å². The van der Waals surface area contributed by atoms with E-state index < -0.39 is 10.0 Å². The third kappa shape index (κ3) is 2.70. The van der Waals surface area contributed by atoms with E-state index in [4.69, 9.17) is 5.73 Å². The van der Waals surface area contributed by atoms with Crippen LogP contribution in [-0.2, 0) is 10.0 Å². The highest BCUT2D eigenvalue weighted by molar-refractivity contribution is 7.89. The summed E-state index contributed by atoms with van der Waals surface area (Å²) >= 11 is 0. The Morgan fingerprint density at radius 2 is 1.45 bits per heavy atom. The number of sulfonamides is 1. The summed E-state index contributed by atoms with van der Waals surface area (Å²) in [7, 11) is -3.45. The van der Waals surface area contributed by atoms with Crippen molar-refractivity contribution in [1.29, 1.82) is 0 Å². The van der Waals surface area contributed by atoms with Crippen LogP contribution >= 0.6 is 0 Å². The number of hydrogen-bond acceptors (Lipinski definition) is 3. The minimum absolute atomic E-state index is 0.0314. The minimum Gasteiger partial charge on any atom is -0.328 e. The first kappa shape index (κ1) is 17.4. The van der Waals surface area contributed by atoms with Crippen molar-refractivity contribution in [2.75, 3.05) is 13.1 Å². The first-order valence-electron chi connectivity index (χ1n) is 7.91. The van der Waals surface area contributed by atoms with Crippen LogP contribution in [0.4, 0.5) is 0 Å². The molecule has 0 bridgehead atoms. The highest BCUT2D eigenvalue weighted by atomic mass is 32.2. The molecule has 4 nitrogen and oxygen atoms in total. The largest absolute Gasteiger partial charge is 0.328 e. The van der Waals surface area contributed by atoms with E-state index in [2.05, 4.69) is 6.92 Å². The third-order valence-corrected chi connectivity index (χ3v) is 7.60. The van der Waals surface area contributed by atoms with E-state index >= 15 is 0 Å². The molecule has 5 heteroatoms. The molecule has 0 saturated carbocycles. The maximum Gasteiger partial charge on any atom is 0.243 e. The molecule has 124 valence electrons. The number of benzene rings is 1. The van der Waals surface area contributed by atoms with E-state index in [-0.39, 0.29) is 12.0 Å². The Balaban J connectivity index is 2.52. The summed E-state index contributed by atoms with van der Waals surface area (Å²) in [6.45, 7) is 13.0. The van der Waals surface area contributed by atoms with Crippen molar-refractivity contribution in [1.82, 2.24) is 4.31 Å². The number of nitrogens with two attached hydrogens (primary N) is 1. The number of rotatable bonds is 3. The molecule has 2 N–H and O–H groups in total. The zero-order chi connectivity index (χ0) is 16.8. The van der Waals surface area contributed by atoms with Gasteiger partial charge in [0.05, 0.1) is 4.90 Å². The van der Waals surface area contributed by atoms with E-state index in [1.54, 1.807) is 4.31 Å². The van der Waals surface area contributed by atoms with Crippen LogP contribution in [0, 0.1) is 40.5 Å². The van der Waals surface area contributed by atoms with Gasteiger partial charge in [0.2, 0.25) is 10.0 Å². The van der Waals surface area contributed by atoms with Crippen molar-refractivity contribution in [3.05, 3.63) is 27.8 Å². The smallest absolute Gasteiger partial charge is 0.243 e. The molecule has 1 aromatic rings. The van der Waals surface area contributed by atoms with E-state index in [1.165, 1.54) is 5.56 Å². The predicted molar refractivity (Wildman–Crippen MR) is 90.6 cm³/mol. The molecule has 1 saturated heterocycles. The highest BCUT2D eigenvalue weighted by Crippen LogP contribution is 2.33. The molecule has 0 aliphatic carbocycles. The van der Waals surface area contributed by atoms with Gasteiger partial charge in [-0.3, -0.25) is 0 Å². The van der Waals surface area contributed by atoms with Crippen molar-refractivity contribution >= 4 is 10.0 Å². The molecule has 1 aliphatic rings. The van der Waals surface area contributed by atoms with Crippen molar-refractivity contribution in [2.24, 2.45) is 11.7 Å². The summed E-state index contributed by atoms with van der Waals surface area (Å²) in [6.07, 6.45) is 0.846. The van der Waals surface area contributed by atoms with Crippen molar-refractivity contribution in [3.63, 3.8) is 0 Å². The quantitative estimate of drug-likeness (QED) is 0.929. The van der Waals surface area contributed by atoms with Gasteiger partial charge in [0.1, 0.15) is 0 Å². The fraction of sp³-hybridized carbons (Fsp3) is 0.647. The molecule has 1 aliphatic heterocycles. The molecule has 0 radical (unpaired) electrons. The van der Waals surface area contributed by atoms with Crippen LogP contribution in [0.2, 0.25) is 0 Å². The van der Waals surface area contributed by atoms with Crippen LogP contribution in [-0.4, -0.2) is 31.9 Å². The lowest BCUT2D eigenvalue weighted by Crippen LogP contribution is -2.33. The summed E-state index contributed by atoms with van der Waals surface area (Å²) in [4.78, 5) is 0.499. The highest BCUT2D eigenvalue weighted by Gasteiger charge is 2.36. The maximum atomic E-state index is 13.1. The van der Waals surface area contributed by atoms with Gasteiger partial charge in [-0.15, -0.1) is 0 Å². The molecular formula is C17H28N2O2S. The van der Waals surface area contributed by atoms with Crippen LogP contribution in [0.3, 0.4) is 0 Å². The molecule has 1 heterocycles. The fourth-order valence-corrected chi connectivity index (χ4v) is 5.45. The van der Waals surface area contributed by atoms with Gasteiger partial charge in [-0.05, 0) is 81.7 Å². The van der Waals surface area contributed by atoms with Crippen molar-refractivity contribution in [2.45, 2.75) is 58.9 Å². The minimum atomic E-state index is -3.45. The second kappa shape index (κ2) is 5.95. The Bertz CT molecular complexity index is 664. The van der Waals surface area contributed by atoms with Crippen molar-refractivity contribution in [3.8, 4) is 0 Å². The molecule has 1 fully saturated rings. The average Bonchev–Trinajstić information content (AvgIpc) is 2.93. The van der Waals surface area contributed by atoms with Gasteiger partial charge in [-0.1, -0.05) is 0 Å². The molecular weight excluding hydrogens is 296 g/mol. The van der Waals surface area contributed by atoms with E-state index in [9.17, 15) is 8.42 Å². The Labute approximate surface area is 134 Å². The SMILES string of the molecule is Cc1c(C)c(C)c(S(=O)(=O)N2CCC(C(C)N)C2)c(C)c1C. The van der Waals surface area contributed by atoms with Crippen molar-refractivity contribution < 1.29 is 8.42 Å². The summed E-state index contributed by atoms with van der Waals surface area (Å²) in [5.41, 5.74) is 11.0. The van der Waals surface area contributed by atoms with Gasteiger partial charge < -0.3 is 5.73 Å². The molecule has 0 spiro atoms. The molecule has 0 amide bonds. The first-order valence-corrected chi connectivity index (χ1v) is 9.35. The van der Waals surface area contributed by atoms with E-state index in [0.29, 0.717) is 18.0 Å². The molecule has 1 aromatic carbocycles. The zero-order valence-electron chi connectivity index (χ0n) is 14.5. The van der Waals surface area contributed by atoms with Crippen LogP contribution in [0.5, 0.6) is 0 Å². The van der Waals surface area contributed by atoms with Gasteiger partial charge >= 0.3 is 0 Å². The van der Waals surface area contributed by atoms with Gasteiger partial charge in [0.25, 0.3) is 0 Å². The zero-order valence-corrected chi connectivity index (χ0v) is 15.3. The first-order chi connectivity index (χ1) is 10.1. The number of nitrogens with zero attached hydrogens (tertiary/aromatic N) is 1. The second-order valence-electron chi connectivity index (χ2n) is 6.73. The Morgan fingerprint density at radius 3 is 1.86 bits per heavy atom. The predicted octanol–water partition coefficient (Wildman–Crippen LogP) is 2.59. The fourth-order valence-electron chi connectivity index (χ4n) is 3.38. The summed E-state index contributed by atoms with van der Waals surface area (Å²) in [6, 6.07) is 0.0314. The summed E-state index contributed by atoms with van der Waals surface area (Å²) in [5, 5.41) is 0. The van der Waals surface area contributed by atoms with Gasteiger partial charge in [-0.2, -0.15) is 4.31 Å². The molecule has 2 rings (SSSR count). The maximum absolute atomic E-state index is 13.1. The Morgan fingerprint density at radius 1 is 1.00 bits per heavy atom. The standard InChI is InChI=1S/C17H28N2O2S/c1-10-11(2)13(4)17(14(5)12(10)3)22(20,21)19-8-7-16(9-19)15(6)18/h15-16H,7-9,18H2,1-6H3. The number of hydrogen-bond donors (Lipinski definition) is 1. The molecule has 2 atom stereocenters. The average molecular weight is 324 g/mol.